The molecule has 0 aromatic heterocycles. The Hall–Kier alpha value is -3.15. The van der Waals surface area contributed by atoms with Crippen molar-refractivity contribution in [2.24, 2.45) is 0 Å². The van der Waals surface area contributed by atoms with Gasteiger partial charge in [-0.05, 0) is 44.2 Å². The van der Waals surface area contributed by atoms with E-state index in [2.05, 4.69) is 5.32 Å². The number of Topliss-reactive ketones (excluding diaryl/α,β-unsaturated/α-hetero) is 1. The minimum absolute atomic E-state index is 0.0686. The maximum atomic E-state index is 12.6. The van der Waals surface area contributed by atoms with Crippen molar-refractivity contribution in [3.05, 3.63) is 59.2 Å². The first-order chi connectivity index (χ1) is 12.3. The van der Waals surface area contributed by atoms with Gasteiger partial charge < -0.3 is 14.8 Å². The Labute approximate surface area is 151 Å². The molecular formula is C20H19NO5. The van der Waals surface area contributed by atoms with E-state index in [-0.39, 0.29) is 17.8 Å². The summed E-state index contributed by atoms with van der Waals surface area (Å²) in [6.07, 6.45) is 0.246. The second-order valence-corrected chi connectivity index (χ2v) is 6.66. The number of nitrogens with one attached hydrogen (secondary N) is 1. The van der Waals surface area contributed by atoms with Gasteiger partial charge >= 0.3 is 5.97 Å². The second-order valence-electron chi connectivity index (χ2n) is 6.66. The number of amides is 1. The molecule has 6 heteroatoms. The zero-order valence-corrected chi connectivity index (χ0v) is 14.8. The van der Waals surface area contributed by atoms with Crippen LogP contribution < -0.4 is 10.1 Å². The van der Waals surface area contributed by atoms with Crippen LogP contribution in [0.25, 0.3) is 0 Å². The fourth-order valence-electron chi connectivity index (χ4n) is 2.87. The van der Waals surface area contributed by atoms with Crippen molar-refractivity contribution in [1.29, 1.82) is 0 Å². The van der Waals surface area contributed by atoms with Crippen LogP contribution in [0.2, 0.25) is 0 Å². The van der Waals surface area contributed by atoms with E-state index in [1.807, 2.05) is 13.8 Å². The fraction of sp³-hybridized carbons (Fsp3) is 0.250. The molecule has 0 bridgehead atoms. The molecule has 1 N–H and O–H groups in total. The topological polar surface area (TPSA) is 81.7 Å². The molecule has 1 aliphatic rings. The van der Waals surface area contributed by atoms with Crippen LogP contribution in [-0.2, 0) is 4.74 Å². The molecule has 0 fully saturated rings. The number of rotatable bonds is 3. The second kappa shape index (κ2) is 6.63. The van der Waals surface area contributed by atoms with Gasteiger partial charge in [-0.15, -0.1) is 0 Å². The highest BCUT2D eigenvalue weighted by Crippen LogP contribution is 2.33. The first-order valence-electron chi connectivity index (χ1n) is 8.16. The molecule has 134 valence electrons. The Kier molecular flexibility index (Phi) is 4.50. The molecule has 6 nitrogen and oxygen atoms in total. The third-order valence-electron chi connectivity index (χ3n) is 4.10. The molecule has 0 radical (unpaired) electrons. The first kappa shape index (κ1) is 17.7. The van der Waals surface area contributed by atoms with Crippen molar-refractivity contribution in [2.45, 2.75) is 25.9 Å². The van der Waals surface area contributed by atoms with Crippen molar-refractivity contribution in [3.63, 3.8) is 0 Å². The van der Waals surface area contributed by atoms with Crippen LogP contribution >= 0.6 is 0 Å². The summed E-state index contributed by atoms with van der Waals surface area (Å²) in [5.41, 5.74) is 0.722. The fourth-order valence-corrected chi connectivity index (χ4v) is 2.87. The van der Waals surface area contributed by atoms with E-state index >= 15 is 0 Å². The largest absolute Gasteiger partial charge is 0.487 e. The Balaban J connectivity index is 1.88. The Morgan fingerprint density at radius 2 is 1.88 bits per heavy atom. The number of para-hydroxylation sites is 1. The molecule has 26 heavy (non-hydrogen) atoms. The third kappa shape index (κ3) is 3.44. The highest BCUT2D eigenvalue weighted by Gasteiger charge is 2.32. The lowest BCUT2D eigenvalue weighted by atomic mass is 9.92. The number of anilines is 1. The lowest BCUT2D eigenvalue weighted by molar-refractivity contribution is 0.0597. The summed E-state index contributed by atoms with van der Waals surface area (Å²) in [7, 11) is 1.28. The number of benzene rings is 2. The summed E-state index contributed by atoms with van der Waals surface area (Å²) in [6, 6.07) is 11.3. The van der Waals surface area contributed by atoms with Crippen molar-refractivity contribution >= 4 is 23.3 Å². The lowest BCUT2D eigenvalue weighted by Crippen LogP contribution is -2.36. The molecule has 1 heterocycles. The van der Waals surface area contributed by atoms with E-state index in [0.717, 1.165) is 0 Å². The van der Waals surface area contributed by atoms with Crippen LogP contribution in [0, 0.1) is 0 Å². The van der Waals surface area contributed by atoms with Crippen LogP contribution in [0.1, 0.15) is 51.3 Å². The van der Waals surface area contributed by atoms with Gasteiger partial charge in [0.05, 0.1) is 30.3 Å². The van der Waals surface area contributed by atoms with Crippen LogP contribution in [0.5, 0.6) is 5.75 Å². The normalized spacial score (nSPS) is 14.8. The zero-order valence-electron chi connectivity index (χ0n) is 14.8. The Bertz CT molecular complexity index is 901. The van der Waals surface area contributed by atoms with Crippen LogP contribution in [0.15, 0.2) is 42.5 Å². The van der Waals surface area contributed by atoms with Crippen LogP contribution in [0.4, 0.5) is 5.69 Å². The molecule has 0 atom stereocenters. The minimum Gasteiger partial charge on any atom is -0.487 e. The number of hydrogen-bond donors (Lipinski definition) is 1. The average Bonchev–Trinajstić information content (AvgIpc) is 2.60. The van der Waals surface area contributed by atoms with Crippen molar-refractivity contribution in [1.82, 2.24) is 0 Å². The summed E-state index contributed by atoms with van der Waals surface area (Å²) in [6.45, 7) is 3.69. The molecule has 1 aliphatic heterocycles. The monoisotopic (exact) mass is 353 g/mol. The summed E-state index contributed by atoms with van der Waals surface area (Å²) >= 11 is 0. The smallest absolute Gasteiger partial charge is 0.339 e. The Morgan fingerprint density at radius 3 is 2.62 bits per heavy atom. The summed E-state index contributed by atoms with van der Waals surface area (Å²) in [4.78, 5) is 36.7. The van der Waals surface area contributed by atoms with E-state index in [1.165, 1.54) is 13.2 Å². The van der Waals surface area contributed by atoms with Gasteiger partial charge in [0.1, 0.15) is 11.4 Å². The molecule has 0 unspecified atom stereocenters. The standard InChI is InChI=1S/C20H19NO5/c1-20(2)11-16(22)14-10-12(8-9-17(14)26-20)18(23)21-15-7-5-4-6-13(15)19(24)25-3/h4-10H,11H2,1-3H3,(H,21,23). The molecule has 3 rings (SSSR count). The van der Waals surface area contributed by atoms with E-state index in [4.69, 9.17) is 9.47 Å². The molecule has 0 spiro atoms. The maximum Gasteiger partial charge on any atom is 0.339 e. The van der Waals surface area contributed by atoms with Gasteiger partial charge in [0.25, 0.3) is 5.91 Å². The summed E-state index contributed by atoms with van der Waals surface area (Å²) in [5, 5.41) is 2.69. The number of methoxy groups -OCH3 is 1. The molecule has 0 saturated carbocycles. The van der Waals surface area contributed by atoms with E-state index in [9.17, 15) is 14.4 Å². The predicted octanol–water partition coefficient (Wildman–Crippen LogP) is 3.47. The van der Waals surface area contributed by atoms with E-state index in [1.54, 1.807) is 36.4 Å². The molecule has 1 amide bonds. The number of carbonyl (C=O) groups excluding carboxylic acids is 3. The van der Waals surface area contributed by atoms with Crippen LogP contribution in [0.3, 0.4) is 0 Å². The lowest BCUT2D eigenvalue weighted by Gasteiger charge is -2.31. The number of esters is 1. The molecule has 0 aliphatic carbocycles. The number of ketones is 1. The Morgan fingerprint density at radius 1 is 1.15 bits per heavy atom. The van der Waals surface area contributed by atoms with Gasteiger partial charge in [0.2, 0.25) is 0 Å². The van der Waals surface area contributed by atoms with Crippen molar-refractivity contribution < 1.29 is 23.9 Å². The zero-order chi connectivity index (χ0) is 18.9. The van der Waals surface area contributed by atoms with E-state index in [0.29, 0.717) is 22.6 Å². The van der Waals surface area contributed by atoms with Gasteiger partial charge in [-0.3, -0.25) is 9.59 Å². The molecule has 2 aromatic carbocycles. The van der Waals surface area contributed by atoms with Gasteiger partial charge in [-0.2, -0.15) is 0 Å². The van der Waals surface area contributed by atoms with Gasteiger partial charge in [0.15, 0.2) is 5.78 Å². The average molecular weight is 353 g/mol. The van der Waals surface area contributed by atoms with Gasteiger partial charge in [-0.25, -0.2) is 4.79 Å². The maximum absolute atomic E-state index is 12.6. The summed E-state index contributed by atoms with van der Waals surface area (Å²) in [5.74, 6) is -0.572. The quantitative estimate of drug-likeness (QED) is 0.855. The first-order valence-corrected chi connectivity index (χ1v) is 8.16. The highest BCUT2D eigenvalue weighted by atomic mass is 16.5. The number of fused-ring (bicyclic) bond motifs is 1. The molecule has 0 saturated heterocycles. The third-order valence-corrected chi connectivity index (χ3v) is 4.10. The van der Waals surface area contributed by atoms with Gasteiger partial charge in [-0.1, -0.05) is 12.1 Å². The van der Waals surface area contributed by atoms with Crippen molar-refractivity contribution in [2.75, 3.05) is 12.4 Å². The minimum atomic E-state index is -0.562. The highest BCUT2D eigenvalue weighted by molar-refractivity contribution is 6.10. The molecular weight excluding hydrogens is 334 g/mol. The van der Waals surface area contributed by atoms with E-state index < -0.39 is 17.5 Å². The van der Waals surface area contributed by atoms with Gasteiger partial charge in [0, 0.05) is 5.56 Å². The summed E-state index contributed by atoms with van der Waals surface area (Å²) < 4.78 is 10.5. The number of hydrogen-bond acceptors (Lipinski definition) is 5. The van der Waals surface area contributed by atoms with Crippen molar-refractivity contribution in [3.8, 4) is 5.75 Å². The predicted molar refractivity (Wildman–Crippen MR) is 95.8 cm³/mol. The number of ether oxygens (including phenoxy) is 2. The SMILES string of the molecule is COC(=O)c1ccccc1NC(=O)c1ccc2c(c1)C(=O)CC(C)(C)O2. The number of carbonyl (C=O) groups is 3. The van der Waals surface area contributed by atoms with Crippen LogP contribution in [-0.4, -0.2) is 30.4 Å². The molecule has 2 aromatic rings.